The number of thiazole rings is 1. The van der Waals surface area contributed by atoms with Crippen molar-refractivity contribution in [1.82, 2.24) is 10.3 Å². The lowest BCUT2D eigenvalue weighted by atomic mass is 9.96. The summed E-state index contributed by atoms with van der Waals surface area (Å²) in [4.78, 5) is 5.85. The second kappa shape index (κ2) is 6.54. The van der Waals surface area contributed by atoms with E-state index >= 15 is 0 Å². The van der Waals surface area contributed by atoms with Crippen molar-refractivity contribution in [3.8, 4) is 0 Å². The number of aromatic nitrogens is 1. The van der Waals surface area contributed by atoms with E-state index in [-0.39, 0.29) is 12.0 Å². The summed E-state index contributed by atoms with van der Waals surface area (Å²) in [5.41, 5.74) is 1.10. The van der Waals surface area contributed by atoms with E-state index in [0.29, 0.717) is 11.5 Å². The van der Waals surface area contributed by atoms with Gasteiger partial charge in [-0.2, -0.15) is 0 Å². The molecule has 1 aliphatic rings. The van der Waals surface area contributed by atoms with E-state index in [1.54, 1.807) is 11.3 Å². The number of nitrogens with zero attached hydrogens (tertiary/aromatic N) is 1. The van der Waals surface area contributed by atoms with Gasteiger partial charge in [0.25, 0.3) is 0 Å². The summed E-state index contributed by atoms with van der Waals surface area (Å²) in [6.45, 7) is 7.19. The SMILES string of the molecule is CCCNC(Cc1nc(C)c(C)s1)C1CCS(=O)(=O)C1. The first-order chi connectivity index (χ1) is 9.41. The fourth-order valence-electron chi connectivity index (χ4n) is 2.69. The normalized spacial score (nSPS) is 23.1. The van der Waals surface area contributed by atoms with E-state index in [0.717, 1.165) is 36.5 Å². The molecular formula is C14H24N2O2S2. The van der Waals surface area contributed by atoms with Crippen LogP contribution < -0.4 is 5.32 Å². The molecule has 2 heterocycles. The molecule has 1 aromatic heterocycles. The number of aryl methyl sites for hydroxylation is 2. The van der Waals surface area contributed by atoms with Crippen molar-refractivity contribution in [2.75, 3.05) is 18.1 Å². The summed E-state index contributed by atoms with van der Waals surface area (Å²) in [5.74, 6) is 0.909. The molecule has 4 nitrogen and oxygen atoms in total. The molecule has 0 radical (unpaired) electrons. The molecule has 0 aliphatic carbocycles. The quantitative estimate of drug-likeness (QED) is 0.873. The van der Waals surface area contributed by atoms with Crippen LogP contribution in [0, 0.1) is 19.8 Å². The van der Waals surface area contributed by atoms with E-state index in [9.17, 15) is 8.42 Å². The standard InChI is InChI=1S/C14H24N2O2S2/c1-4-6-15-13(12-5-7-20(17,18)9-12)8-14-16-10(2)11(3)19-14/h12-13,15H,4-9H2,1-3H3. The van der Waals surface area contributed by atoms with Crippen LogP contribution in [0.25, 0.3) is 0 Å². The Hall–Kier alpha value is -0.460. The number of sulfone groups is 1. The molecule has 1 aromatic rings. The summed E-state index contributed by atoms with van der Waals surface area (Å²) in [6.07, 6.45) is 2.69. The topological polar surface area (TPSA) is 59.1 Å². The Morgan fingerprint density at radius 3 is 2.70 bits per heavy atom. The number of hydrogen-bond donors (Lipinski definition) is 1. The smallest absolute Gasteiger partial charge is 0.150 e. The fourth-order valence-corrected chi connectivity index (χ4v) is 5.56. The predicted octanol–water partition coefficient (Wildman–Crippen LogP) is 2.11. The Balaban J connectivity index is 2.07. The summed E-state index contributed by atoms with van der Waals surface area (Å²) < 4.78 is 23.4. The molecule has 1 aliphatic heterocycles. The minimum Gasteiger partial charge on any atom is -0.313 e. The molecule has 2 unspecified atom stereocenters. The Bertz CT molecular complexity index is 532. The third-order valence-electron chi connectivity index (χ3n) is 3.96. The third-order valence-corrected chi connectivity index (χ3v) is 6.85. The first kappa shape index (κ1) is 15.9. The van der Waals surface area contributed by atoms with Crippen molar-refractivity contribution in [3.05, 3.63) is 15.6 Å². The molecule has 1 N–H and O–H groups in total. The van der Waals surface area contributed by atoms with Gasteiger partial charge in [-0.1, -0.05) is 6.92 Å². The second-order valence-corrected chi connectivity index (χ2v) is 9.19. The van der Waals surface area contributed by atoms with Crippen LogP contribution in [-0.2, 0) is 16.3 Å². The maximum atomic E-state index is 11.7. The van der Waals surface area contributed by atoms with Crippen LogP contribution in [0.1, 0.15) is 35.3 Å². The van der Waals surface area contributed by atoms with Gasteiger partial charge in [-0.25, -0.2) is 13.4 Å². The van der Waals surface area contributed by atoms with Crippen LogP contribution in [0.5, 0.6) is 0 Å². The molecule has 1 saturated heterocycles. The predicted molar refractivity (Wildman–Crippen MR) is 84.1 cm³/mol. The lowest BCUT2D eigenvalue weighted by Crippen LogP contribution is -2.39. The molecule has 0 aromatic carbocycles. The van der Waals surface area contributed by atoms with Gasteiger partial charge >= 0.3 is 0 Å². The average molecular weight is 316 g/mol. The van der Waals surface area contributed by atoms with Gasteiger partial charge in [0.2, 0.25) is 0 Å². The molecule has 2 rings (SSSR count). The summed E-state index contributed by atoms with van der Waals surface area (Å²) in [7, 11) is -2.82. The van der Waals surface area contributed by atoms with Crippen LogP contribution >= 0.6 is 11.3 Å². The molecule has 114 valence electrons. The number of nitrogens with one attached hydrogen (secondary N) is 1. The lowest BCUT2D eigenvalue weighted by molar-refractivity contribution is 0.379. The van der Waals surface area contributed by atoms with E-state index < -0.39 is 9.84 Å². The van der Waals surface area contributed by atoms with Gasteiger partial charge in [0.1, 0.15) is 0 Å². The van der Waals surface area contributed by atoms with Crippen molar-refractivity contribution in [2.45, 2.75) is 46.1 Å². The Morgan fingerprint density at radius 2 is 2.20 bits per heavy atom. The van der Waals surface area contributed by atoms with Crippen LogP contribution in [0.15, 0.2) is 0 Å². The van der Waals surface area contributed by atoms with Crippen molar-refractivity contribution >= 4 is 21.2 Å². The van der Waals surface area contributed by atoms with E-state index in [1.165, 1.54) is 4.88 Å². The van der Waals surface area contributed by atoms with Gasteiger partial charge in [-0.05, 0) is 39.2 Å². The van der Waals surface area contributed by atoms with Gasteiger partial charge in [-0.3, -0.25) is 0 Å². The maximum Gasteiger partial charge on any atom is 0.150 e. The number of hydrogen-bond acceptors (Lipinski definition) is 5. The highest BCUT2D eigenvalue weighted by atomic mass is 32.2. The molecule has 2 atom stereocenters. The minimum absolute atomic E-state index is 0.232. The van der Waals surface area contributed by atoms with Crippen molar-refractivity contribution in [1.29, 1.82) is 0 Å². The highest BCUT2D eigenvalue weighted by Gasteiger charge is 2.33. The lowest BCUT2D eigenvalue weighted by Gasteiger charge is -2.23. The van der Waals surface area contributed by atoms with Crippen LogP contribution in [0.4, 0.5) is 0 Å². The Morgan fingerprint density at radius 1 is 1.45 bits per heavy atom. The van der Waals surface area contributed by atoms with Crippen molar-refractivity contribution in [2.24, 2.45) is 5.92 Å². The maximum absolute atomic E-state index is 11.7. The molecule has 0 spiro atoms. The monoisotopic (exact) mass is 316 g/mol. The molecule has 0 saturated carbocycles. The van der Waals surface area contributed by atoms with E-state index in [4.69, 9.17) is 0 Å². The minimum atomic E-state index is -2.82. The average Bonchev–Trinajstić information content (AvgIpc) is 2.88. The van der Waals surface area contributed by atoms with Crippen LogP contribution in [-0.4, -0.2) is 37.5 Å². The molecule has 1 fully saturated rings. The van der Waals surface area contributed by atoms with Crippen LogP contribution in [0.2, 0.25) is 0 Å². The molecule has 6 heteroatoms. The van der Waals surface area contributed by atoms with E-state index in [2.05, 4.69) is 24.1 Å². The zero-order chi connectivity index (χ0) is 14.8. The van der Waals surface area contributed by atoms with Gasteiger partial charge in [0.05, 0.1) is 22.2 Å². The largest absolute Gasteiger partial charge is 0.313 e. The number of rotatable bonds is 6. The molecule has 0 amide bonds. The van der Waals surface area contributed by atoms with E-state index in [1.807, 2.05) is 6.92 Å². The van der Waals surface area contributed by atoms with Gasteiger partial charge < -0.3 is 5.32 Å². The van der Waals surface area contributed by atoms with Crippen LogP contribution in [0.3, 0.4) is 0 Å². The molecule has 20 heavy (non-hydrogen) atoms. The molecule has 0 bridgehead atoms. The van der Waals surface area contributed by atoms with Crippen molar-refractivity contribution < 1.29 is 8.42 Å². The van der Waals surface area contributed by atoms with Crippen molar-refractivity contribution in [3.63, 3.8) is 0 Å². The summed E-state index contributed by atoms with van der Waals surface area (Å²) >= 11 is 1.73. The first-order valence-corrected chi connectivity index (χ1v) is 9.91. The van der Waals surface area contributed by atoms with Gasteiger partial charge in [0, 0.05) is 17.3 Å². The Kier molecular flexibility index (Phi) is 5.20. The van der Waals surface area contributed by atoms with Gasteiger partial charge in [-0.15, -0.1) is 11.3 Å². The third kappa shape index (κ3) is 4.02. The Labute approximate surface area is 125 Å². The zero-order valence-corrected chi connectivity index (χ0v) is 14.1. The summed E-state index contributed by atoms with van der Waals surface area (Å²) in [6, 6.07) is 0.233. The molecular weight excluding hydrogens is 292 g/mol. The highest BCUT2D eigenvalue weighted by molar-refractivity contribution is 7.91. The first-order valence-electron chi connectivity index (χ1n) is 7.28. The fraction of sp³-hybridized carbons (Fsp3) is 0.786. The second-order valence-electron chi connectivity index (χ2n) is 5.68. The highest BCUT2D eigenvalue weighted by Crippen LogP contribution is 2.26. The zero-order valence-electron chi connectivity index (χ0n) is 12.5. The van der Waals surface area contributed by atoms with Gasteiger partial charge in [0.15, 0.2) is 9.84 Å². The summed E-state index contributed by atoms with van der Waals surface area (Å²) in [5, 5.41) is 4.65.